The molecule has 10 heavy (non-hydrogen) atoms. The normalized spacial score (nSPS) is 36.6. The molecule has 1 radical (unpaired) electrons. The molecule has 0 aliphatic heterocycles. The average Bonchev–Trinajstić information content (AvgIpc) is 1.90. The highest BCUT2D eigenvalue weighted by atomic mass is 16.3. The van der Waals surface area contributed by atoms with Crippen LogP contribution in [0.4, 0.5) is 0 Å². The maximum Gasteiger partial charge on any atom is 0.0540 e. The second-order valence-corrected chi connectivity index (χ2v) is 3.21. The van der Waals surface area contributed by atoms with Gasteiger partial charge in [-0.3, -0.25) is 5.73 Å². The van der Waals surface area contributed by atoms with Crippen LogP contribution in [0.2, 0.25) is 0 Å². The molecular formula is C8H16NO. The molecule has 0 aromatic heterocycles. The Kier molecular flexibility index (Phi) is 3.16. The second kappa shape index (κ2) is 3.94. The van der Waals surface area contributed by atoms with Gasteiger partial charge in [-0.1, -0.05) is 12.8 Å². The molecule has 2 nitrogen and oxygen atoms in total. The Hall–Kier alpha value is -0.0800. The second-order valence-electron chi connectivity index (χ2n) is 3.21. The fourth-order valence-electron chi connectivity index (χ4n) is 1.45. The predicted molar refractivity (Wildman–Crippen MR) is 40.6 cm³/mol. The number of hydrogen-bond donors (Lipinski definition) is 1. The Bertz CT molecular complexity index is 83.3. The molecule has 1 aliphatic carbocycles. The molecule has 1 saturated carbocycles. The van der Waals surface area contributed by atoms with Crippen molar-refractivity contribution in [2.45, 2.75) is 50.7 Å². The molecular weight excluding hydrogens is 126 g/mol. The van der Waals surface area contributed by atoms with Gasteiger partial charge in [0, 0.05) is 6.04 Å². The summed E-state index contributed by atoms with van der Waals surface area (Å²) in [4.78, 5) is 0. The first kappa shape index (κ1) is 8.02. The van der Waals surface area contributed by atoms with Gasteiger partial charge in [0.2, 0.25) is 0 Å². The van der Waals surface area contributed by atoms with Gasteiger partial charge in [-0.05, 0) is 25.7 Å². The van der Waals surface area contributed by atoms with Gasteiger partial charge in [-0.25, -0.2) is 0 Å². The van der Waals surface area contributed by atoms with E-state index in [0.29, 0.717) is 0 Å². The number of hydrogen-bond acceptors (Lipinski definition) is 1. The van der Waals surface area contributed by atoms with Gasteiger partial charge >= 0.3 is 0 Å². The Morgan fingerprint density at radius 2 is 1.70 bits per heavy atom. The number of rotatable bonds is 0. The first-order chi connectivity index (χ1) is 4.79. The zero-order valence-electron chi connectivity index (χ0n) is 6.34. The van der Waals surface area contributed by atoms with Crippen molar-refractivity contribution < 1.29 is 5.11 Å². The van der Waals surface area contributed by atoms with Crippen molar-refractivity contribution in [1.82, 2.24) is 5.73 Å². The molecule has 0 amide bonds. The van der Waals surface area contributed by atoms with Crippen molar-refractivity contribution in [2.24, 2.45) is 0 Å². The predicted octanol–water partition coefficient (Wildman–Crippen LogP) is 1.35. The summed E-state index contributed by atoms with van der Waals surface area (Å²) >= 11 is 0. The lowest BCUT2D eigenvalue weighted by Crippen LogP contribution is -2.17. The van der Waals surface area contributed by atoms with Crippen LogP contribution in [0, 0.1) is 0 Å². The van der Waals surface area contributed by atoms with Crippen LogP contribution in [0.5, 0.6) is 0 Å². The number of aliphatic hydroxyl groups excluding tert-OH is 1. The molecule has 59 valence electrons. The van der Waals surface area contributed by atoms with E-state index in [0.717, 1.165) is 38.5 Å². The third kappa shape index (κ3) is 2.67. The highest BCUT2D eigenvalue weighted by Gasteiger charge is 2.12. The Morgan fingerprint density at radius 1 is 1.00 bits per heavy atom. The van der Waals surface area contributed by atoms with Gasteiger partial charge < -0.3 is 5.11 Å². The summed E-state index contributed by atoms with van der Waals surface area (Å²) in [6, 6.07) is 0.0925. The van der Waals surface area contributed by atoms with Gasteiger partial charge in [-0.2, -0.15) is 0 Å². The SMILES string of the molecule is [NH]C1CCCCC(O)CC1. The van der Waals surface area contributed by atoms with E-state index in [9.17, 15) is 5.11 Å². The van der Waals surface area contributed by atoms with Crippen molar-refractivity contribution in [2.75, 3.05) is 0 Å². The molecule has 0 saturated heterocycles. The van der Waals surface area contributed by atoms with Gasteiger partial charge in [0.05, 0.1) is 6.10 Å². The van der Waals surface area contributed by atoms with Crippen molar-refractivity contribution in [3.8, 4) is 0 Å². The molecule has 0 spiro atoms. The third-order valence-electron chi connectivity index (χ3n) is 2.19. The smallest absolute Gasteiger partial charge is 0.0540 e. The van der Waals surface area contributed by atoms with Crippen molar-refractivity contribution in [3.63, 3.8) is 0 Å². The molecule has 0 bridgehead atoms. The Morgan fingerprint density at radius 3 is 2.50 bits per heavy atom. The molecule has 0 aromatic carbocycles. The van der Waals surface area contributed by atoms with Gasteiger partial charge in [0.15, 0.2) is 0 Å². The number of nitrogens with one attached hydrogen (secondary N) is 1. The minimum absolute atomic E-state index is 0.0925. The van der Waals surface area contributed by atoms with E-state index in [1.54, 1.807) is 0 Å². The summed E-state index contributed by atoms with van der Waals surface area (Å²) in [7, 11) is 0. The minimum atomic E-state index is -0.117. The quantitative estimate of drug-likeness (QED) is 0.545. The maximum absolute atomic E-state index is 9.25. The zero-order chi connectivity index (χ0) is 7.40. The van der Waals surface area contributed by atoms with Crippen LogP contribution in [-0.2, 0) is 0 Å². The van der Waals surface area contributed by atoms with Crippen LogP contribution in [0.1, 0.15) is 38.5 Å². The lowest BCUT2D eigenvalue weighted by molar-refractivity contribution is 0.138. The van der Waals surface area contributed by atoms with E-state index in [1.165, 1.54) is 0 Å². The summed E-state index contributed by atoms with van der Waals surface area (Å²) in [5, 5.41) is 9.25. The standard InChI is InChI=1S/C8H16NO/c9-7-3-1-2-4-8(10)6-5-7/h7-10H,1-6H2. The van der Waals surface area contributed by atoms with Gasteiger partial charge in [0.1, 0.15) is 0 Å². The third-order valence-corrected chi connectivity index (χ3v) is 2.19. The molecule has 1 aliphatic rings. The molecule has 1 fully saturated rings. The first-order valence-electron chi connectivity index (χ1n) is 4.18. The molecule has 0 aromatic rings. The van der Waals surface area contributed by atoms with Crippen LogP contribution >= 0.6 is 0 Å². The first-order valence-corrected chi connectivity index (χ1v) is 4.18. The molecule has 0 heterocycles. The lowest BCUT2D eigenvalue weighted by atomic mass is 9.96. The van der Waals surface area contributed by atoms with Gasteiger partial charge in [-0.15, -0.1) is 0 Å². The molecule has 2 atom stereocenters. The summed E-state index contributed by atoms with van der Waals surface area (Å²) in [6.45, 7) is 0. The van der Waals surface area contributed by atoms with E-state index < -0.39 is 0 Å². The topological polar surface area (TPSA) is 44.0 Å². The summed E-state index contributed by atoms with van der Waals surface area (Å²) in [5.74, 6) is 0. The monoisotopic (exact) mass is 142 g/mol. The molecule has 2 N–H and O–H groups in total. The van der Waals surface area contributed by atoms with Crippen molar-refractivity contribution >= 4 is 0 Å². The lowest BCUT2D eigenvalue weighted by Gasteiger charge is -2.17. The number of aliphatic hydroxyl groups is 1. The van der Waals surface area contributed by atoms with E-state index in [1.807, 2.05) is 0 Å². The molecule has 2 unspecified atom stereocenters. The fraction of sp³-hybridized carbons (Fsp3) is 1.00. The summed E-state index contributed by atoms with van der Waals surface area (Å²) in [6.07, 6.45) is 5.84. The highest BCUT2D eigenvalue weighted by molar-refractivity contribution is 4.68. The van der Waals surface area contributed by atoms with E-state index >= 15 is 0 Å². The summed E-state index contributed by atoms with van der Waals surface area (Å²) < 4.78 is 0. The largest absolute Gasteiger partial charge is 0.393 e. The van der Waals surface area contributed by atoms with Crippen LogP contribution in [0.15, 0.2) is 0 Å². The van der Waals surface area contributed by atoms with Crippen molar-refractivity contribution in [3.05, 3.63) is 0 Å². The van der Waals surface area contributed by atoms with E-state index in [2.05, 4.69) is 0 Å². The maximum atomic E-state index is 9.25. The summed E-state index contributed by atoms with van der Waals surface area (Å²) in [5.41, 5.74) is 7.49. The zero-order valence-corrected chi connectivity index (χ0v) is 6.34. The van der Waals surface area contributed by atoms with Gasteiger partial charge in [0.25, 0.3) is 0 Å². The highest BCUT2D eigenvalue weighted by Crippen LogP contribution is 2.16. The van der Waals surface area contributed by atoms with E-state index in [4.69, 9.17) is 5.73 Å². The van der Waals surface area contributed by atoms with Crippen LogP contribution in [0.25, 0.3) is 0 Å². The molecule has 2 heteroatoms. The van der Waals surface area contributed by atoms with Crippen LogP contribution < -0.4 is 5.73 Å². The van der Waals surface area contributed by atoms with Crippen LogP contribution in [0.3, 0.4) is 0 Å². The average molecular weight is 142 g/mol. The van der Waals surface area contributed by atoms with Crippen molar-refractivity contribution in [1.29, 1.82) is 0 Å². The van der Waals surface area contributed by atoms with E-state index in [-0.39, 0.29) is 12.1 Å². The fourth-order valence-corrected chi connectivity index (χ4v) is 1.45. The Balaban J connectivity index is 2.23. The van der Waals surface area contributed by atoms with Crippen LogP contribution in [-0.4, -0.2) is 17.3 Å². The minimum Gasteiger partial charge on any atom is -0.393 e. The molecule has 1 rings (SSSR count). The Labute approximate surface area is 62.4 Å².